The molecule has 6 nitrogen and oxygen atoms in total. The van der Waals surface area contributed by atoms with Gasteiger partial charge >= 0.3 is 0 Å². The number of nitrogens with zero attached hydrogens (tertiary/aromatic N) is 1. The molecule has 24 heavy (non-hydrogen) atoms. The van der Waals surface area contributed by atoms with Crippen LogP contribution in [-0.2, 0) is 4.79 Å². The number of nitrogens with one attached hydrogen (secondary N) is 2. The fraction of sp³-hybridized carbons (Fsp3) is 0.0556. The van der Waals surface area contributed by atoms with Crippen molar-refractivity contribution in [2.45, 2.75) is 6.92 Å². The summed E-state index contributed by atoms with van der Waals surface area (Å²) in [5, 5.41) is 7.43. The molecular weight excluding hydrogens is 306 g/mol. The second-order valence-corrected chi connectivity index (χ2v) is 5.10. The lowest BCUT2D eigenvalue weighted by Crippen LogP contribution is -2.25. The third-order valence-electron chi connectivity index (χ3n) is 3.25. The molecule has 1 aromatic heterocycles. The van der Waals surface area contributed by atoms with Crippen LogP contribution >= 0.6 is 0 Å². The summed E-state index contributed by atoms with van der Waals surface area (Å²) < 4.78 is 5.66. The van der Waals surface area contributed by atoms with E-state index in [1.807, 2.05) is 36.4 Å². The fourth-order valence-electron chi connectivity index (χ4n) is 2.16. The third-order valence-corrected chi connectivity index (χ3v) is 3.25. The highest BCUT2D eigenvalue weighted by Gasteiger charge is 2.13. The van der Waals surface area contributed by atoms with Crippen LogP contribution in [0.2, 0.25) is 0 Å². The largest absolute Gasteiger partial charge is 0.436 e. The Morgan fingerprint density at radius 1 is 1.00 bits per heavy atom. The minimum atomic E-state index is -0.375. The zero-order valence-corrected chi connectivity index (χ0v) is 12.9. The van der Waals surface area contributed by atoms with Gasteiger partial charge in [0.05, 0.1) is 0 Å². The summed E-state index contributed by atoms with van der Waals surface area (Å²) in [6.07, 6.45) is 0. The summed E-state index contributed by atoms with van der Waals surface area (Å²) in [5.74, 6) is -0.729. The summed E-state index contributed by atoms with van der Waals surface area (Å²) in [5.41, 5.74) is 3.79. The van der Waals surface area contributed by atoms with Gasteiger partial charge in [-0.2, -0.15) is 0 Å². The van der Waals surface area contributed by atoms with E-state index in [1.54, 1.807) is 24.3 Å². The van der Waals surface area contributed by atoms with Crippen LogP contribution < -0.4 is 16.3 Å². The van der Waals surface area contributed by atoms with Gasteiger partial charge < -0.3 is 9.73 Å². The molecule has 0 saturated carbocycles. The van der Waals surface area contributed by atoms with Crippen LogP contribution in [0.1, 0.15) is 17.3 Å². The number of amides is 2. The molecule has 2 aromatic carbocycles. The summed E-state index contributed by atoms with van der Waals surface area (Å²) in [4.78, 5) is 23.7. The zero-order chi connectivity index (χ0) is 16.9. The van der Waals surface area contributed by atoms with Crippen molar-refractivity contribution in [3.63, 3.8) is 0 Å². The summed E-state index contributed by atoms with van der Waals surface area (Å²) in [6.45, 7) is 1.33. The van der Waals surface area contributed by atoms with Crippen LogP contribution in [0.25, 0.3) is 11.0 Å². The van der Waals surface area contributed by atoms with E-state index in [0.717, 1.165) is 5.39 Å². The highest BCUT2D eigenvalue weighted by molar-refractivity contribution is 6.05. The fourth-order valence-corrected chi connectivity index (χ4v) is 2.16. The van der Waals surface area contributed by atoms with Crippen LogP contribution in [0.4, 0.5) is 5.69 Å². The first-order chi connectivity index (χ1) is 11.6. The predicted octanol–water partition coefficient (Wildman–Crippen LogP) is 2.64. The van der Waals surface area contributed by atoms with Crippen molar-refractivity contribution < 1.29 is 14.0 Å². The molecule has 2 amide bonds. The van der Waals surface area contributed by atoms with Crippen molar-refractivity contribution in [2.24, 2.45) is 5.10 Å². The Labute approximate surface area is 137 Å². The van der Waals surface area contributed by atoms with Crippen molar-refractivity contribution in [2.75, 3.05) is 5.32 Å². The Morgan fingerprint density at radius 2 is 1.71 bits per heavy atom. The molecule has 0 aliphatic carbocycles. The number of fused-ring (bicyclic) bond motifs is 1. The van der Waals surface area contributed by atoms with Crippen molar-refractivity contribution >= 4 is 28.5 Å². The normalized spacial score (nSPS) is 11.3. The number of carbonyl (C=O) groups is 2. The van der Waals surface area contributed by atoms with Gasteiger partial charge in [0.15, 0.2) is 0 Å². The van der Waals surface area contributed by atoms with Crippen molar-refractivity contribution in [3.05, 3.63) is 71.8 Å². The number of anilines is 1. The van der Waals surface area contributed by atoms with E-state index < -0.39 is 0 Å². The van der Waals surface area contributed by atoms with Crippen molar-refractivity contribution in [1.82, 2.24) is 5.43 Å². The monoisotopic (exact) mass is 321 g/mol. The van der Waals surface area contributed by atoms with Gasteiger partial charge in [0, 0.05) is 18.0 Å². The van der Waals surface area contributed by atoms with Gasteiger partial charge in [-0.1, -0.05) is 36.4 Å². The molecule has 3 rings (SSSR count). The maximum absolute atomic E-state index is 12.6. The maximum atomic E-state index is 12.6. The second kappa shape index (κ2) is 6.78. The molecular formula is C18H15N3O3. The van der Waals surface area contributed by atoms with Crippen LogP contribution in [0, 0.1) is 0 Å². The first kappa shape index (κ1) is 15.5. The highest BCUT2D eigenvalue weighted by atomic mass is 16.3. The lowest BCUT2D eigenvalue weighted by molar-refractivity contribution is -0.119. The molecule has 3 aromatic rings. The molecule has 6 heteroatoms. The van der Waals surface area contributed by atoms with E-state index in [1.165, 1.54) is 6.92 Å². The van der Waals surface area contributed by atoms with Crippen LogP contribution in [-0.4, -0.2) is 11.8 Å². The van der Waals surface area contributed by atoms with Gasteiger partial charge in [-0.25, -0.2) is 5.43 Å². The topological polar surface area (TPSA) is 83.7 Å². The van der Waals surface area contributed by atoms with Gasteiger partial charge in [-0.15, -0.1) is 5.10 Å². The standard InChI is InChI=1S/C18H15N3O3/c1-12(22)20-21-18-15(11-13-7-5-6-10-16(13)24-18)17(23)19-14-8-3-2-4-9-14/h2-11H,1H3,(H,19,23)(H,20,22)/b21-18+. The Balaban J connectivity index is 2.06. The SMILES string of the molecule is CC(=O)N/N=c1/oc2ccccc2cc1C(=O)Nc1ccccc1. The van der Waals surface area contributed by atoms with Gasteiger partial charge in [0.25, 0.3) is 5.91 Å². The molecule has 1 heterocycles. The highest BCUT2D eigenvalue weighted by Crippen LogP contribution is 2.14. The van der Waals surface area contributed by atoms with Crippen molar-refractivity contribution in [3.8, 4) is 0 Å². The second-order valence-electron chi connectivity index (χ2n) is 5.10. The average Bonchev–Trinajstić information content (AvgIpc) is 2.60. The lowest BCUT2D eigenvalue weighted by atomic mass is 10.1. The number of para-hydroxylation sites is 2. The Hall–Kier alpha value is -3.41. The minimum absolute atomic E-state index is 0.0392. The molecule has 0 spiro atoms. The molecule has 0 atom stereocenters. The summed E-state index contributed by atoms with van der Waals surface area (Å²) >= 11 is 0. The van der Waals surface area contributed by atoms with E-state index in [0.29, 0.717) is 11.3 Å². The quantitative estimate of drug-likeness (QED) is 0.727. The predicted molar refractivity (Wildman–Crippen MR) is 90.0 cm³/mol. The van der Waals surface area contributed by atoms with E-state index in [4.69, 9.17) is 4.42 Å². The molecule has 0 radical (unpaired) electrons. The number of hydrogen-bond acceptors (Lipinski definition) is 4. The average molecular weight is 321 g/mol. The molecule has 120 valence electrons. The van der Waals surface area contributed by atoms with Crippen LogP contribution in [0.3, 0.4) is 0 Å². The lowest BCUT2D eigenvalue weighted by Gasteiger charge is -2.06. The Morgan fingerprint density at radius 3 is 2.46 bits per heavy atom. The number of rotatable bonds is 3. The Bertz CT molecular complexity index is 962. The van der Waals surface area contributed by atoms with E-state index in [2.05, 4.69) is 15.8 Å². The van der Waals surface area contributed by atoms with Gasteiger partial charge in [-0.3, -0.25) is 9.59 Å². The first-order valence-electron chi connectivity index (χ1n) is 7.33. The van der Waals surface area contributed by atoms with E-state index >= 15 is 0 Å². The third kappa shape index (κ3) is 3.49. The number of benzene rings is 2. The van der Waals surface area contributed by atoms with E-state index in [-0.39, 0.29) is 22.9 Å². The first-order valence-corrected chi connectivity index (χ1v) is 7.33. The Kier molecular flexibility index (Phi) is 4.38. The summed E-state index contributed by atoms with van der Waals surface area (Å²) in [6, 6.07) is 18.0. The maximum Gasteiger partial charge on any atom is 0.261 e. The number of hydrogen-bond donors (Lipinski definition) is 2. The van der Waals surface area contributed by atoms with Gasteiger partial charge in [0.1, 0.15) is 11.1 Å². The van der Waals surface area contributed by atoms with Gasteiger partial charge in [-0.05, 0) is 24.3 Å². The molecule has 0 fully saturated rings. The zero-order valence-electron chi connectivity index (χ0n) is 12.9. The molecule has 0 aliphatic heterocycles. The molecule has 0 saturated heterocycles. The molecule has 0 unspecified atom stereocenters. The summed E-state index contributed by atoms with van der Waals surface area (Å²) in [7, 11) is 0. The van der Waals surface area contributed by atoms with E-state index in [9.17, 15) is 9.59 Å². The van der Waals surface area contributed by atoms with Gasteiger partial charge in [0.2, 0.25) is 11.5 Å². The van der Waals surface area contributed by atoms with Crippen molar-refractivity contribution in [1.29, 1.82) is 0 Å². The van der Waals surface area contributed by atoms with Crippen LogP contribution in [0.5, 0.6) is 0 Å². The molecule has 2 N–H and O–H groups in total. The molecule has 0 aliphatic rings. The minimum Gasteiger partial charge on any atom is -0.436 e. The number of carbonyl (C=O) groups excluding carboxylic acids is 2. The smallest absolute Gasteiger partial charge is 0.261 e. The molecule has 0 bridgehead atoms. The van der Waals surface area contributed by atoms with Crippen LogP contribution in [0.15, 0.2) is 70.2 Å².